The maximum atomic E-state index is 8.51. The molecule has 0 radical (unpaired) electrons. The third-order valence-electron chi connectivity index (χ3n) is 2.36. The quantitative estimate of drug-likeness (QED) is 0.154. The van der Waals surface area contributed by atoms with Crippen molar-refractivity contribution in [2.75, 3.05) is 19.6 Å². The molecule has 0 saturated carbocycles. The predicted molar refractivity (Wildman–Crippen MR) is 67.4 cm³/mol. The van der Waals surface area contributed by atoms with Gasteiger partial charge in [0.1, 0.15) is 0 Å². The van der Waals surface area contributed by atoms with Gasteiger partial charge in [0.15, 0.2) is 11.7 Å². The van der Waals surface area contributed by atoms with Crippen LogP contribution < -0.4 is 11.5 Å². The van der Waals surface area contributed by atoms with Crippen molar-refractivity contribution < 1.29 is 10.4 Å². The fourth-order valence-corrected chi connectivity index (χ4v) is 1.50. The molecule has 0 aliphatic heterocycles. The number of hydrogen-bond donors (Lipinski definition) is 4. The third-order valence-corrected chi connectivity index (χ3v) is 2.36. The van der Waals surface area contributed by atoms with E-state index in [2.05, 4.69) is 17.2 Å². The summed E-state index contributed by atoms with van der Waals surface area (Å²) >= 11 is 0. The Bertz CT molecular complexity index is 235. The second kappa shape index (κ2) is 9.71. The van der Waals surface area contributed by atoms with Crippen LogP contribution >= 0.6 is 0 Å². The summed E-state index contributed by atoms with van der Waals surface area (Å²) < 4.78 is 0. The molecule has 0 aromatic heterocycles. The lowest BCUT2D eigenvalue weighted by molar-refractivity contribution is 0.294. The number of nitrogens with zero attached hydrogens (tertiary/aromatic N) is 3. The summed E-state index contributed by atoms with van der Waals surface area (Å²) in [6.45, 7) is 3.52. The number of rotatable bonds is 9. The zero-order valence-corrected chi connectivity index (χ0v) is 10.3. The average Bonchev–Trinajstić information content (AvgIpc) is 2.33. The second-order valence-electron chi connectivity index (χ2n) is 3.95. The second-order valence-corrected chi connectivity index (χ2v) is 3.95. The molecule has 100 valence electrons. The molecule has 0 saturated heterocycles. The van der Waals surface area contributed by atoms with E-state index in [9.17, 15) is 0 Å². The molecule has 0 spiro atoms. The van der Waals surface area contributed by atoms with Gasteiger partial charge in [-0.05, 0) is 13.0 Å². The van der Waals surface area contributed by atoms with E-state index in [1.807, 2.05) is 4.90 Å². The minimum Gasteiger partial charge on any atom is -0.409 e. The third kappa shape index (κ3) is 8.32. The van der Waals surface area contributed by atoms with Crippen LogP contribution in [0, 0.1) is 0 Å². The number of nitrogens with two attached hydrogens (primary N) is 2. The van der Waals surface area contributed by atoms with Crippen molar-refractivity contribution >= 4 is 11.7 Å². The molecular formula is C10H23N5O2. The molecule has 6 N–H and O–H groups in total. The number of amidine groups is 2. The lowest BCUT2D eigenvalue weighted by Gasteiger charge is -2.20. The highest BCUT2D eigenvalue weighted by Gasteiger charge is 2.09. The van der Waals surface area contributed by atoms with Gasteiger partial charge in [0, 0.05) is 0 Å². The lowest BCUT2D eigenvalue weighted by Crippen LogP contribution is -2.40. The Morgan fingerprint density at radius 2 is 1.53 bits per heavy atom. The molecular weight excluding hydrogens is 222 g/mol. The molecule has 0 fully saturated rings. The van der Waals surface area contributed by atoms with E-state index in [1.54, 1.807) is 0 Å². The SMILES string of the molecule is CCCCCCN(C/C(N)=N/O)C/C(N)=N\O. The number of unbranched alkanes of at least 4 members (excludes halogenated alkanes) is 3. The Balaban J connectivity index is 4.11. The first-order valence-corrected chi connectivity index (χ1v) is 5.79. The molecule has 0 amide bonds. The molecule has 0 bridgehead atoms. The molecule has 7 nitrogen and oxygen atoms in total. The van der Waals surface area contributed by atoms with Crippen molar-refractivity contribution in [3.05, 3.63) is 0 Å². The summed E-state index contributed by atoms with van der Waals surface area (Å²) in [7, 11) is 0. The van der Waals surface area contributed by atoms with Crippen LogP contribution in [0.15, 0.2) is 10.3 Å². The first kappa shape index (κ1) is 15.5. The molecule has 0 atom stereocenters. The van der Waals surface area contributed by atoms with Crippen molar-refractivity contribution in [1.82, 2.24) is 4.90 Å². The molecule has 0 aromatic rings. The lowest BCUT2D eigenvalue weighted by atomic mass is 10.2. The van der Waals surface area contributed by atoms with E-state index in [1.165, 1.54) is 12.8 Å². The monoisotopic (exact) mass is 245 g/mol. The van der Waals surface area contributed by atoms with Crippen molar-refractivity contribution in [1.29, 1.82) is 0 Å². The number of hydrogen-bond acceptors (Lipinski definition) is 5. The smallest absolute Gasteiger partial charge is 0.153 e. The van der Waals surface area contributed by atoms with E-state index in [0.717, 1.165) is 19.4 Å². The van der Waals surface area contributed by atoms with Gasteiger partial charge >= 0.3 is 0 Å². The van der Waals surface area contributed by atoms with Crippen molar-refractivity contribution in [2.24, 2.45) is 21.8 Å². The van der Waals surface area contributed by atoms with Crippen molar-refractivity contribution in [2.45, 2.75) is 32.6 Å². The Morgan fingerprint density at radius 3 is 1.94 bits per heavy atom. The minimum absolute atomic E-state index is 0.117. The van der Waals surface area contributed by atoms with Crippen LogP contribution in [0.2, 0.25) is 0 Å². The van der Waals surface area contributed by atoms with Gasteiger partial charge in [-0.3, -0.25) is 4.90 Å². The van der Waals surface area contributed by atoms with Gasteiger partial charge in [0.05, 0.1) is 13.1 Å². The van der Waals surface area contributed by atoms with Gasteiger partial charge in [-0.25, -0.2) is 0 Å². The first-order chi connectivity index (χ1) is 8.13. The summed E-state index contributed by atoms with van der Waals surface area (Å²) in [5.41, 5.74) is 10.9. The van der Waals surface area contributed by atoms with Gasteiger partial charge in [-0.15, -0.1) is 0 Å². The molecule has 0 aliphatic rings. The molecule has 17 heavy (non-hydrogen) atoms. The summed E-state index contributed by atoms with van der Waals surface area (Å²) in [5, 5.41) is 22.9. The maximum Gasteiger partial charge on any atom is 0.153 e. The Kier molecular flexibility index (Phi) is 8.85. The van der Waals surface area contributed by atoms with Gasteiger partial charge < -0.3 is 21.9 Å². The van der Waals surface area contributed by atoms with Crippen LogP contribution in [-0.4, -0.2) is 46.6 Å². The highest BCUT2D eigenvalue weighted by molar-refractivity contribution is 5.84. The van der Waals surface area contributed by atoms with Crippen LogP contribution in [-0.2, 0) is 0 Å². The zero-order valence-electron chi connectivity index (χ0n) is 10.3. The Labute approximate surface area is 102 Å². The summed E-state index contributed by atoms with van der Waals surface area (Å²) in [6, 6.07) is 0. The van der Waals surface area contributed by atoms with Gasteiger partial charge in [0.2, 0.25) is 0 Å². The van der Waals surface area contributed by atoms with E-state index in [0.29, 0.717) is 13.1 Å². The standard InChI is InChI=1S/C10H23N5O2/c1-2-3-4-5-6-15(7-9(11)13-16)8-10(12)14-17/h16-17H,2-8H2,1H3,(H2,11,13)(H2,12,14). The van der Waals surface area contributed by atoms with E-state index >= 15 is 0 Å². The van der Waals surface area contributed by atoms with Crippen LogP contribution in [0.1, 0.15) is 32.6 Å². The van der Waals surface area contributed by atoms with Crippen LogP contribution in [0.5, 0.6) is 0 Å². The molecule has 7 heteroatoms. The van der Waals surface area contributed by atoms with Crippen LogP contribution in [0.3, 0.4) is 0 Å². The Hall–Kier alpha value is -1.50. The topological polar surface area (TPSA) is 120 Å². The highest BCUT2D eigenvalue weighted by Crippen LogP contribution is 2.01. The number of oxime groups is 2. The van der Waals surface area contributed by atoms with E-state index in [4.69, 9.17) is 21.9 Å². The average molecular weight is 245 g/mol. The largest absolute Gasteiger partial charge is 0.409 e. The fraction of sp³-hybridized carbons (Fsp3) is 0.800. The van der Waals surface area contributed by atoms with Crippen molar-refractivity contribution in [3.8, 4) is 0 Å². The molecule has 0 aliphatic carbocycles. The van der Waals surface area contributed by atoms with Crippen LogP contribution in [0.4, 0.5) is 0 Å². The predicted octanol–water partition coefficient (Wildman–Crippen LogP) is 0.362. The molecule has 0 heterocycles. The van der Waals surface area contributed by atoms with E-state index < -0.39 is 0 Å². The highest BCUT2D eigenvalue weighted by atomic mass is 16.4. The van der Waals surface area contributed by atoms with E-state index in [-0.39, 0.29) is 11.7 Å². The Morgan fingerprint density at radius 1 is 1.00 bits per heavy atom. The van der Waals surface area contributed by atoms with Crippen molar-refractivity contribution in [3.63, 3.8) is 0 Å². The van der Waals surface area contributed by atoms with Gasteiger partial charge in [0.25, 0.3) is 0 Å². The first-order valence-electron chi connectivity index (χ1n) is 5.79. The molecule has 0 unspecified atom stereocenters. The normalized spacial score (nSPS) is 13.3. The van der Waals surface area contributed by atoms with Gasteiger partial charge in [-0.1, -0.05) is 36.5 Å². The fourth-order valence-electron chi connectivity index (χ4n) is 1.50. The molecule has 0 aromatic carbocycles. The summed E-state index contributed by atoms with van der Waals surface area (Å²) in [5.74, 6) is 0.234. The van der Waals surface area contributed by atoms with Gasteiger partial charge in [-0.2, -0.15) is 0 Å². The summed E-state index contributed by atoms with van der Waals surface area (Å²) in [6.07, 6.45) is 4.48. The maximum absolute atomic E-state index is 8.51. The molecule has 0 rings (SSSR count). The summed E-state index contributed by atoms with van der Waals surface area (Å²) in [4.78, 5) is 1.87. The van der Waals surface area contributed by atoms with Crippen LogP contribution in [0.25, 0.3) is 0 Å². The minimum atomic E-state index is 0.117. The zero-order chi connectivity index (χ0) is 13.1.